The van der Waals surface area contributed by atoms with E-state index in [-0.39, 0.29) is 18.7 Å². The standard InChI is InChI=1S/C26H26N4O2S/c1-17-24-28-27-19(3)30(24)25-23(22(18(2)33-25)14-20-10-6-4-7-11-20)15-29(17)26(31)32-16-21-12-8-5-9-13-21/h4-13,17H,14-16H2,1-3H3/t17-/m1/s1. The lowest BCUT2D eigenvalue weighted by molar-refractivity contribution is 0.0789. The number of aryl methyl sites for hydroxylation is 2. The molecule has 6 nitrogen and oxygen atoms in total. The van der Waals surface area contributed by atoms with Crippen LogP contribution >= 0.6 is 11.3 Å². The van der Waals surface area contributed by atoms with Crippen molar-refractivity contribution >= 4 is 17.4 Å². The van der Waals surface area contributed by atoms with Gasteiger partial charge in [0.2, 0.25) is 0 Å². The fraction of sp³-hybridized carbons (Fsp3) is 0.269. The number of thiophene rings is 1. The van der Waals surface area contributed by atoms with Gasteiger partial charge in [-0.1, -0.05) is 60.7 Å². The minimum absolute atomic E-state index is 0.237. The Morgan fingerprint density at radius 1 is 1.03 bits per heavy atom. The summed E-state index contributed by atoms with van der Waals surface area (Å²) in [6, 6.07) is 19.9. The molecule has 0 fully saturated rings. The third-order valence-electron chi connectivity index (χ3n) is 6.18. The topological polar surface area (TPSA) is 60.3 Å². The van der Waals surface area contributed by atoms with Gasteiger partial charge in [0, 0.05) is 10.4 Å². The lowest BCUT2D eigenvalue weighted by Gasteiger charge is -2.26. The van der Waals surface area contributed by atoms with E-state index in [4.69, 9.17) is 4.74 Å². The maximum atomic E-state index is 13.3. The molecule has 1 aliphatic rings. The summed E-state index contributed by atoms with van der Waals surface area (Å²) in [6.07, 6.45) is 0.469. The Balaban J connectivity index is 1.52. The highest BCUT2D eigenvalue weighted by Gasteiger charge is 2.35. The molecule has 0 N–H and O–H groups in total. The molecule has 33 heavy (non-hydrogen) atoms. The highest BCUT2D eigenvalue weighted by atomic mass is 32.1. The number of fused-ring (bicyclic) bond motifs is 3. The summed E-state index contributed by atoms with van der Waals surface area (Å²) in [5.41, 5.74) is 4.61. The third kappa shape index (κ3) is 4.04. The van der Waals surface area contributed by atoms with E-state index in [1.165, 1.54) is 16.0 Å². The van der Waals surface area contributed by atoms with Gasteiger partial charge >= 0.3 is 6.09 Å². The number of carbonyl (C=O) groups is 1. The maximum absolute atomic E-state index is 13.3. The van der Waals surface area contributed by atoms with Gasteiger partial charge in [0.05, 0.1) is 12.6 Å². The second kappa shape index (κ2) is 8.83. The summed E-state index contributed by atoms with van der Waals surface area (Å²) in [4.78, 5) is 16.3. The molecule has 4 aromatic rings. The van der Waals surface area contributed by atoms with E-state index in [1.807, 2.05) is 50.2 Å². The Morgan fingerprint density at radius 2 is 1.70 bits per heavy atom. The smallest absolute Gasteiger partial charge is 0.411 e. The Hall–Kier alpha value is -3.45. The first-order valence-electron chi connectivity index (χ1n) is 11.1. The Kier molecular flexibility index (Phi) is 5.72. The van der Waals surface area contributed by atoms with Gasteiger partial charge in [-0.2, -0.15) is 0 Å². The van der Waals surface area contributed by atoms with E-state index in [9.17, 15) is 4.79 Å². The Bertz CT molecular complexity index is 1280. The summed E-state index contributed by atoms with van der Waals surface area (Å²) >= 11 is 1.74. The van der Waals surface area contributed by atoms with Crippen molar-refractivity contribution in [2.75, 3.05) is 0 Å². The summed E-state index contributed by atoms with van der Waals surface area (Å²) in [5.74, 6) is 1.58. The van der Waals surface area contributed by atoms with Crippen molar-refractivity contribution in [3.05, 3.63) is 99.4 Å². The van der Waals surface area contributed by atoms with Crippen molar-refractivity contribution in [2.24, 2.45) is 0 Å². The van der Waals surface area contributed by atoms with Gasteiger partial charge in [0.25, 0.3) is 0 Å². The van der Waals surface area contributed by atoms with Crippen LogP contribution in [0, 0.1) is 13.8 Å². The predicted octanol–water partition coefficient (Wildman–Crippen LogP) is 5.75. The Morgan fingerprint density at radius 3 is 2.39 bits per heavy atom. The SMILES string of the molecule is Cc1sc2c(c1Cc1ccccc1)CN(C(=O)OCc1ccccc1)[C@H](C)c1nnc(C)n1-2. The zero-order chi connectivity index (χ0) is 22.9. The first-order valence-corrected chi connectivity index (χ1v) is 11.9. The molecule has 0 bridgehead atoms. The first kappa shape index (κ1) is 21.4. The van der Waals surface area contributed by atoms with Gasteiger partial charge in [-0.25, -0.2) is 4.79 Å². The molecule has 0 spiro atoms. The average molecular weight is 459 g/mol. The highest BCUT2D eigenvalue weighted by molar-refractivity contribution is 7.14. The van der Waals surface area contributed by atoms with Crippen molar-refractivity contribution in [3.8, 4) is 5.00 Å². The zero-order valence-corrected chi connectivity index (χ0v) is 19.8. The molecule has 0 aliphatic carbocycles. The summed E-state index contributed by atoms with van der Waals surface area (Å²) in [6.45, 7) is 6.81. The number of carbonyl (C=O) groups excluding carboxylic acids is 1. The lowest BCUT2D eigenvalue weighted by atomic mass is 10.0. The fourth-order valence-corrected chi connectivity index (χ4v) is 5.59. The molecule has 2 aromatic heterocycles. The molecular formula is C26H26N4O2S. The van der Waals surface area contributed by atoms with Crippen molar-refractivity contribution < 1.29 is 9.53 Å². The van der Waals surface area contributed by atoms with Gasteiger partial charge in [0.15, 0.2) is 5.82 Å². The van der Waals surface area contributed by atoms with E-state index in [0.717, 1.165) is 34.2 Å². The molecule has 1 atom stereocenters. The quantitative estimate of drug-likeness (QED) is 0.391. The van der Waals surface area contributed by atoms with E-state index >= 15 is 0 Å². The number of hydrogen-bond acceptors (Lipinski definition) is 5. The molecular weight excluding hydrogens is 432 g/mol. The second-order valence-electron chi connectivity index (χ2n) is 8.37. The molecule has 3 heterocycles. The zero-order valence-electron chi connectivity index (χ0n) is 19.0. The lowest BCUT2D eigenvalue weighted by Crippen LogP contribution is -2.33. The van der Waals surface area contributed by atoms with Crippen LogP contribution < -0.4 is 0 Å². The van der Waals surface area contributed by atoms with Crippen LogP contribution in [0.4, 0.5) is 4.79 Å². The van der Waals surface area contributed by atoms with Crippen LogP contribution in [0.25, 0.3) is 5.00 Å². The largest absolute Gasteiger partial charge is 0.445 e. The summed E-state index contributed by atoms with van der Waals surface area (Å²) < 4.78 is 7.84. The predicted molar refractivity (Wildman–Crippen MR) is 129 cm³/mol. The molecule has 0 radical (unpaired) electrons. The number of benzene rings is 2. The number of nitrogens with zero attached hydrogens (tertiary/aromatic N) is 4. The molecule has 0 saturated heterocycles. The van der Waals surface area contributed by atoms with Crippen LogP contribution in [-0.4, -0.2) is 25.8 Å². The number of rotatable bonds is 4. The normalized spacial score (nSPS) is 15.0. The van der Waals surface area contributed by atoms with Gasteiger partial charge in [-0.3, -0.25) is 9.47 Å². The summed E-state index contributed by atoms with van der Waals surface area (Å²) in [7, 11) is 0. The molecule has 5 rings (SSSR count). The van der Waals surface area contributed by atoms with Gasteiger partial charge < -0.3 is 4.74 Å². The molecule has 2 aromatic carbocycles. The highest BCUT2D eigenvalue weighted by Crippen LogP contribution is 2.40. The van der Waals surface area contributed by atoms with Crippen LogP contribution in [0.2, 0.25) is 0 Å². The monoisotopic (exact) mass is 458 g/mol. The molecule has 0 unspecified atom stereocenters. The van der Waals surface area contributed by atoms with E-state index < -0.39 is 0 Å². The van der Waals surface area contributed by atoms with Crippen LogP contribution in [0.5, 0.6) is 0 Å². The van der Waals surface area contributed by atoms with Gasteiger partial charge in [-0.05, 0) is 43.9 Å². The van der Waals surface area contributed by atoms with Crippen LogP contribution in [0.3, 0.4) is 0 Å². The van der Waals surface area contributed by atoms with Crippen molar-refractivity contribution in [1.82, 2.24) is 19.7 Å². The third-order valence-corrected chi connectivity index (χ3v) is 7.36. The van der Waals surface area contributed by atoms with Gasteiger partial charge in [-0.15, -0.1) is 21.5 Å². The fourth-order valence-electron chi connectivity index (χ4n) is 4.36. The van der Waals surface area contributed by atoms with Crippen molar-refractivity contribution in [3.63, 3.8) is 0 Å². The number of hydrogen-bond donors (Lipinski definition) is 0. The number of amides is 1. The number of aromatic nitrogens is 3. The molecule has 1 amide bonds. The summed E-state index contributed by atoms with van der Waals surface area (Å²) in [5, 5.41) is 9.88. The molecule has 7 heteroatoms. The molecule has 168 valence electrons. The van der Waals surface area contributed by atoms with Crippen LogP contribution in [0.15, 0.2) is 60.7 Å². The minimum Gasteiger partial charge on any atom is -0.445 e. The van der Waals surface area contributed by atoms with E-state index in [0.29, 0.717) is 6.54 Å². The number of ether oxygens (including phenoxy) is 1. The van der Waals surface area contributed by atoms with Crippen LogP contribution in [-0.2, 0) is 24.3 Å². The van der Waals surface area contributed by atoms with Crippen LogP contribution in [0.1, 0.15) is 51.7 Å². The maximum Gasteiger partial charge on any atom is 0.411 e. The minimum atomic E-state index is -0.346. The Labute approximate surface area is 197 Å². The molecule has 0 saturated carbocycles. The van der Waals surface area contributed by atoms with E-state index in [2.05, 4.69) is 46.0 Å². The average Bonchev–Trinajstić information content (AvgIpc) is 3.32. The van der Waals surface area contributed by atoms with Crippen molar-refractivity contribution in [2.45, 2.75) is 46.4 Å². The first-order chi connectivity index (χ1) is 16.0. The van der Waals surface area contributed by atoms with E-state index in [1.54, 1.807) is 16.2 Å². The van der Waals surface area contributed by atoms with Gasteiger partial charge in [0.1, 0.15) is 17.4 Å². The second-order valence-corrected chi connectivity index (χ2v) is 9.57. The van der Waals surface area contributed by atoms with Crippen molar-refractivity contribution in [1.29, 1.82) is 0 Å². The molecule has 1 aliphatic heterocycles.